The summed E-state index contributed by atoms with van der Waals surface area (Å²) in [5.74, 6) is 0.973. The molecule has 1 aliphatic heterocycles. The number of pyridine rings is 1. The van der Waals surface area contributed by atoms with E-state index in [1.165, 1.54) is 11.1 Å². The molecular formula is C19H22N4. The number of aromatic nitrogens is 1. The molecule has 1 saturated heterocycles. The van der Waals surface area contributed by atoms with Gasteiger partial charge < -0.3 is 4.90 Å². The Balaban J connectivity index is 1.60. The first kappa shape index (κ1) is 15.5. The number of nitrogens with zero attached hydrogens (tertiary/aromatic N) is 4. The molecule has 1 aliphatic rings. The van der Waals surface area contributed by atoms with Crippen molar-refractivity contribution in [1.29, 1.82) is 5.26 Å². The first-order valence-electron chi connectivity index (χ1n) is 8.13. The van der Waals surface area contributed by atoms with E-state index in [1.807, 2.05) is 12.1 Å². The molecule has 0 unspecified atom stereocenters. The summed E-state index contributed by atoms with van der Waals surface area (Å²) < 4.78 is 0. The molecular weight excluding hydrogens is 284 g/mol. The summed E-state index contributed by atoms with van der Waals surface area (Å²) in [5, 5.41) is 8.87. The Hall–Kier alpha value is -2.38. The van der Waals surface area contributed by atoms with E-state index in [1.54, 1.807) is 6.20 Å². The van der Waals surface area contributed by atoms with Crippen molar-refractivity contribution in [3.63, 3.8) is 0 Å². The van der Waals surface area contributed by atoms with Gasteiger partial charge in [0.05, 0.1) is 5.56 Å². The molecule has 1 aromatic heterocycles. The van der Waals surface area contributed by atoms with Crippen molar-refractivity contribution >= 4 is 5.82 Å². The van der Waals surface area contributed by atoms with E-state index in [0.717, 1.165) is 45.0 Å². The van der Waals surface area contributed by atoms with Gasteiger partial charge in [0, 0.05) is 38.9 Å². The summed E-state index contributed by atoms with van der Waals surface area (Å²) in [4.78, 5) is 9.24. The Morgan fingerprint density at radius 1 is 1.04 bits per heavy atom. The second-order valence-corrected chi connectivity index (χ2v) is 6.12. The molecule has 118 valence electrons. The maximum Gasteiger partial charge on any atom is 0.128 e. The smallest absolute Gasteiger partial charge is 0.128 e. The van der Waals surface area contributed by atoms with Crippen LogP contribution in [0.4, 0.5) is 5.82 Å². The number of nitriles is 1. The molecule has 0 radical (unpaired) electrons. The highest BCUT2D eigenvalue weighted by Crippen LogP contribution is 2.15. The van der Waals surface area contributed by atoms with Gasteiger partial charge in [-0.2, -0.15) is 5.26 Å². The van der Waals surface area contributed by atoms with Crippen molar-refractivity contribution in [2.24, 2.45) is 0 Å². The van der Waals surface area contributed by atoms with Crippen LogP contribution in [0.2, 0.25) is 0 Å². The zero-order chi connectivity index (χ0) is 16.1. The Morgan fingerprint density at radius 2 is 1.87 bits per heavy atom. The fraction of sp³-hybridized carbons (Fsp3) is 0.368. The minimum Gasteiger partial charge on any atom is -0.355 e. The zero-order valence-electron chi connectivity index (χ0n) is 13.6. The van der Waals surface area contributed by atoms with Crippen molar-refractivity contribution in [3.05, 3.63) is 59.3 Å². The number of rotatable bonds is 3. The van der Waals surface area contributed by atoms with Crippen LogP contribution in [0.15, 0.2) is 42.6 Å². The quantitative estimate of drug-likeness (QED) is 0.874. The molecule has 2 heterocycles. The Labute approximate surface area is 138 Å². The predicted octanol–water partition coefficient (Wildman–Crippen LogP) is 2.97. The van der Waals surface area contributed by atoms with Crippen LogP contribution >= 0.6 is 0 Å². The molecule has 0 bridgehead atoms. The molecule has 0 atom stereocenters. The summed E-state index contributed by atoms with van der Waals surface area (Å²) in [7, 11) is 0. The molecule has 0 aliphatic carbocycles. The Bertz CT molecular complexity index is 670. The summed E-state index contributed by atoms with van der Waals surface area (Å²) in [6, 6.07) is 14.7. The van der Waals surface area contributed by atoms with Crippen molar-refractivity contribution < 1.29 is 0 Å². The molecule has 0 N–H and O–H groups in total. The predicted molar refractivity (Wildman–Crippen MR) is 92.2 cm³/mol. The third-order valence-corrected chi connectivity index (χ3v) is 4.32. The number of hydrogen-bond acceptors (Lipinski definition) is 4. The van der Waals surface area contributed by atoms with Crippen molar-refractivity contribution in [2.45, 2.75) is 19.9 Å². The topological polar surface area (TPSA) is 43.2 Å². The lowest BCUT2D eigenvalue weighted by atomic mass is 10.1. The average molecular weight is 306 g/mol. The van der Waals surface area contributed by atoms with Crippen LogP contribution in [0.3, 0.4) is 0 Å². The summed E-state index contributed by atoms with van der Waals surface area (Å²) >= 11 is 0. The molecule has 4 heteroatoms. The minimum absolute atomic E-state index is 0.615. The van der Waals surface area contributed by atoms with Crippen molar-refractivity contribution in [3.8, 4) is 6.07 Å². The van der Waals surface area contributed by atoms with Crippen LogP contribution in [-0.4, -0.2) is 36.1 Å². The third-order valence-electron chi connectivity index (χ3n) is 4.32. The number of hydrogen-bond donors (Lipinski definition) is 0. The third kappa shape index (κ3) is 4.08. The van der Waals surface area contributed by atoms with Gasteiger partial charge in [-0.15, -0.1) is 0 Å². The molecule has 1 aromatic carbocycles. The van der Waals surface area contributed by atoms with Crippen molar-refractivity contribution in [2.75, 3.05) is 31.1 Å². The highest BCUT2D eigenvalue weighted by Gasteiger charge is 2.16. The number of aryl methyl sites for hydroxylation is 1. The van der Waals surface area contributed by atoms with Gasteiger partial charge in [0.2, 0.25) is 0 Å². The van der Waals surface area contributed by atoms with Gasteiger partial charge in [0.15, 0.2) is 0 Å². The van der Waals surface area contributed by atoms with Gasteiger partial charge >= 0.3 is 0 Å². The summed E-state index contributed by atoms with van der Waals surface area (Å²) in [6.45, 7) is 7.28. The maximum atomic E-state index is 8.87. The first-order chi connectivity index (χ1) is 11.2. The molecule has 0 spiro atoms. The van der Waals surface area contributed by atoms with Crippen LogP contribution < -0.4 is 4.90 Å². The highest BCUT2D eigenvalue weighted by atomic mass is 15.2. The molecule has 2 aromatic rings. The summed E-state index contributed by atoms with van der Waals surface area (Å²) in [5.41, 5.74) is 3.30. The Morgan fingerprint density at radius 3 is 2.57 bits per heavy atom. The molecule has 4 nitrogen and oxygen atoms in total. The van der Waals surface area contributed by atoms with Gasteiger partial charge in [0.1, 0.15) is 11.9 Å². The van der Waals surface area contributed by atoms with Gasteiger partial charge in [-0.25, -0.2) is 4.98 Å². The zero-order valence-corrected chi connectivity index (χ0v) is 13.6. The lowest BCUT2D eigenvalue weighted by molar-refractivity contribution is 0.285. The van der Waals surface area contributed by atoms with E-state index >= 15 is 0 Å². The Kier molecular flexibility index (Phi) is 4.89. The molecule has 3 rings (SSSR count). The normalized spacial score (nSPS) is 15.9. The lowest BCUT2D eigenvalue weighted by Crippen LogP contribution is -2.30. The van der Waals surface area contributed by atoms with Crippen LogP contribution in [0.5, 0.6) is 0 Å². The molecule has 0 amide bonds. The molecule has 0 saturated carbocycles. The van der Waals surface area contributed by atoms with Gasteiger partial charge in [-0.3, -0.25) is 4.90 Å². The fourth-order valence-corrected chi connectivity index (χ4v) is 2.95. The van der Waals surface area contributed by atoms with E-state index in [0.29, 0.717) is 5.56 Å². The highest BCUT2D eigenvalue weighted by molar-refractivity contribution is 5.42. The van der Waals surface area contributed by atoms with E-state index in [4.69, 9.17) is 5.26 Å². The van der Waals surface area contributed by atoms with Crippen LogP contribution in [0.1, 0.15) is 23.1 Å². The van der Waals surface area contributed by atoms with Gasteiger partial charge in [0.25, 0.3) is 0 Å². The van der Waals surface area contributed by atoms with Gasteiger partial charge in [-0.05, 0) is 31.0 Å². The second-order valence-electron chi connectivity index (χ2n) is 6.12. The van der Waals surface area contributed by atoms with Crippen molar-refractivity contribution in [1.82, 2.24) is 9.88 Å². The molecule has 1 fully saturated rings. The number of anilines is 1. The van der Waals surface area contributed by atoms with Crippen LogP contribution in [-0.2, 0) is 6.54 Å². The average Bonchev–Trinajstić information content (AvgIpc) is 2.83. The number of benzene rings is 1. The van der Waals surface area contributed by atoms with E-state index < -0.39 is 0 Å². The molecule has 23 heavy (non-hydrogen) atoms. The first-order valence-corrected chi connectivity index (χ1v) is 8.13. The van der Waals surface area contributed by atoms with E-state index in [-0.39, 0.29) is 0 Å². The SMILES string of the molecule is Cc1ccc(CN2CCCN(c3ccc(C#N)cn3)CC2)cc1. The standard InChI is InChI=1S/C19H22N4/c1-16-3-5-17(6-4-16)15-22-9-2-10-23(12-11-22)19-8-7-18(13-20)14-21-19/h3-8,14H,2,9-12,15H2,1H3. The second kappa shape index (κ2) is 7.26. The van der Waals surface area contributed by atoms with Gasteiger partial charge in [-0.1, -0.05) is 29.8 Å². The monoisotopic (exact) mass is 306 g/mol. The largest absolute Gasteiger partial charge is 0.355 e. The van der Waals surface area contributed by atoms with E-state index in [2.05, 4.69) is 52.0 Å². The van der Waals surface area contributed by atoms with Crippen LogP contribution in [0, 0.1) is 18.3 Å². The summed E-state index contributed by atoms with van der Waals surface area (Å²) in [6.07, 6.45) is 2.79. The van der Waals surface area contributed by atoms with E-state index in [9.17, 15) is 0 Å². The fourth-order valence-electron chi connectivity index (χ4n) is 2.95. The lowest BCUT2D eigenvalue weighted by Gasteiger charge is -2.22. The van der Waals surface area contributed by atoms with Crippen LogP contribution in [0.25, 0.3) is 0 Å². The minimum atomic E-state index is 0.615. The maximum absolute atomic E-state index is 8.87.